The number of aryl methyl sites for hydroxylation is 1. The minimum Gasteiger partial charge on any atom is -0.497 e. The molecule has 0 atom stereocenters. The lowest BCUT2D eigenvalue weighted by Crippen LogP contribution is -1.97. The Bertz CT molecular complexity index is 1010. The first-order valence-corrected chi connectivity index (χ1v) is 9.57. The number of hydrogen-bond donors (Lipinski definition) is 4. The Morgan fingerprint density at radius 3 is 1.83 bits per heavy atom. The number of nitrogen functional groups attached to an aromatic ring is 3. The third kappa shape index (κ3) is 8.29. The minimum atomic E-state index is -1.05. The van der Waals surface area contributed by atoms with Gasteiger partial charge in [0.2, 0.25) is 0 Å². The van der Waals surface area contributed by atoms with Crippen molar-refractivity contribution >= 4 is 57.8 Å². The number of hydrogen-bond acceptors (Lipinski definition) is 5. The molecule has 6 nitrogen and oxygen atoms in total. The predicted octanol–water partition coefficient (Wildman–Crippen LogP) is 5.78. The molecular formula is C21H22Cl3N3O3. The maximum Gasteiger partial charge on any atom is 0.337 e. The molecule has 3 aromatic rings. The number of anilines is 3. The fourth-order valence-electron chi connectivity index (χ4n) is 1.95. The molecule has 0 saturated heterocycles. The molecule has 0 saturated carbocycles. The van der Waals surface area contributed by atoms with Gasteiger partial charge in [0.1, 0.15) is 5.75 Å². The Hall–Kier alpha value is -2.80. The van der Waals surface area contributed by atoms with Gasteiger partial charge in [-0.15, -0.1) is 0 Å². The average molecular weight is 471 g/mol. The summed E-state index contributed by atoms with van der Waals surface area (Å²) < 4.78 is 4.91. The molecule has 9 heteroatoms. The molecule has 0 aromatic heterocycles. The van der Waals surface area contributed by atoms with Crippen LogP contribution in [0.15, 0.2) is 54.6 Å². The first kappa shape index (κ1) is 25.2. The summed E-state index contributed by atoms with van der Waals surface area (Å²) in [7, 11) is 1.59. The molecule has 0 aliphatic carbocycles. The second-order valence-corrected chi connectivity index (χ2v) is 7.16. The summed E-state index contributed by atoms with van der Waals surface area (Å²) >= 11 is 17.0. The molecular weight excluding hydrogens is 449 g/mol. The highest BCUT2D eigenvalue weighted by atomic mass is 35.5. The molecule has 0 heterocycles. The molecule has 0 unspecified atom stereocenters. The smallest absolute Gasteiger partial charge is 0.337 e. The summed E-state index contributed by atoms with van der Waals surface area (Å²) in [6, 6.07) is 14.9. The Labute approximate surface area is 190 Å². The van der Waals surface area contributed by atoms with Gasteiger partial charge in [-0.3, -0.25) is 0 Å². The van der Waals surface area contributed by atoms with E-state index >= 15 is 0 Å². The van der Waals surface area contributed by atoms with Crippen molar-refractivity contribution in [3.8, 4) is 5.75 Å². The highest BCUT2D eigenvalue weighted by Crippen LogP contribution is 2.23. The zero-order valence-electron chi connectivity index (χ0n) is 16.3. The second-order valence-electron chi connectivity index (χ2n) is 5.94. The summed E-state index contributed by atoms with van der Waals surface area (Å²) in [6.07, 6.45) is 0. The molecule has 3 aromatic carbocycles. The summed E-state index contributed by atoms with van der Waals surface area (Å²) in [4.78, 5) is 10.4. The van der Waals surface area contributed by atoms with E-state index in [4.69, 9.17) is 61.8 Å². The van der Waals surface area contributed by atoms with Gasteiger partial charge >= 0.3 is 5.97 Å². The minimum absolute atomic E-state index is 0.0702. The largest absolute Gasteiger partial charge is 0.497 e. The van der Waals surface area contributed by atoms with Crippen molar-refractivity contribution in [1.82, 2.24) is 0 Å². The number of aromatic carboxylic acids is 1. The van der Waals surface area contributed by atoms with Crippen LogP contribution in [0, 0.1) is 6.92 Å². The number of halogens is 3. The highest BCUT2D eigenvalue weighted by Gasteiger charge is 2.07. The van der Waals surface area contributed by atoms with Crippen LogP contribution in [-0.4, -0.2) is 18.2 Å². The van der Waals surface area contributed by atoms with Crippen molar-refractivity contribution in [2.45, 2.75) is 6.92 Å². The molecule has 160 valence electrons. The van der Waals surface area contributed by atoms with Crippen LogP contribution in [-0.2, 0) is 0 Å². The molecule has 3 rings (SSSR count). The van der Waals surface area contributed by atoms with Crippen LogP contribution in [0.4, 0.5) is 17.1 Å². The van der Waals surface area contributed by atoms with Crippen molar-refractivity contribution in [1.29, 1.82) is 0 Å². The summed E-state index contributed by atoms with van der Waals surface area (Å²) in [5.74, 6) is -0.325. The first-order chi connectivity index (χ1) is 14.0. The number of ether oxygens (including phenoxy) is 1. The van der Waals surface area contributed by atoms with Crippen molar-refractivity contribution in [2.24, 2.45) is 0 Å². The van der Waals surface area contributed by atoms with E-state index in [9.17, 15) is 4.79 Å². The van der Waals surface area contributed by atoms with Gasteiger partial charge in [0.25, 0.3) is 0 Å². The van der Waals surface area contributed by atoms with E-state index in [2.05, 4.69) is 0 Å². The maximum atomic E-state index is 10.4. The van der Waals surface area contributed by atoms with E-state index in [0.717, 1.165) is 16.3 Å². The number of carboxylic acids is 1. The van der Waals surface area contributed by atoms with E-state index in [-0.39, 0.29) is 10.6 Å². The van der Waals surface area contributed by atoms with Gasteiger partial charge in [-0.05, 0) is 55.0 Å². The summed E-state index contributed by atoms with van der Waals surface area (Å²) in [5, 5.41) is 9.95. The van der Waals surface area contributed by atoms with E-state index in [0.29, 0.717) is 22.1 Å². The second kappa shape index (κ2) is 12.0. The zero-order chi connectivity index (χ0) is 22.8. The first-order valence-electron chi connectivity index (χ1n) is 8.44. The van der Waals surface area contributed by atoms with Crippen LogP contribution in [0.2, 0.25) is 15.1 Å². The number of nitrogens with two attached hydrogens (primary N) is 3. The van der Waals surface area contributed by atoms with E-state index in [1.165, 1.54) is 18.2 Å². The number of rotatable bonds is 2. The number of benzene rings is 3. The SMILES string of the molecule is COc1ccc(N)c(Cl)c1.Cc1ccc(N)cc1Cl.Nc1ccc(C(=O)O)c(Cl)c1. The molecule has 0 radical (unpaired) electrons. The quantitative estimate of drug-likeness (QED) is 0.352. The van der Waals surface area contributed by atoms with Gasteiger partial charge in [0, 0.05) is 22.5 Å². The monoisotopic (exact) mass is 469 g/mol. The maximum absolute atomic E-state index is 10.4. The lowest BCUT2D eigenvalue weighted by molar-refractivity contribution is 0.0697. The van der Waals surface area contributed by atoms with Crippen LogP contribution >= 0.6 is 34.8 Å². The van der Waals surface area contributed by atoms with Crippen LogP contribution < -0.4 is 21.9 Å². The summed E-state index contributed by atoms with van der Waals surface area (Å²) in [5.41, 5.74) is 19.1. The van der Waals surface area contributed by atoms with Crippen molar-refractivity contribution < 1.29 is 14.6 Å². The molecule has 30 heavy (non-hydrogen) atoms. The van der Waals surface area contributed by atoms with E-state index in [1.807, 2.05) is 19.1 Å². The molecule has 0 amide bonds. The number of carbonyl (C=O) groups is 1. The molecule has 0 aliphatic heterocycles. The Kier molecular flexibility index (Phi) is 10.1. The Morgan fingerprint density at radius 2 is 1.40 bits per heavy atom. The lowest BCUT2D eigenvalue weighted by Gasteiger charge is -2.00. The van der Waals surface area contributed by atoms with Gasteiger partial charge < -0.3 is 27.0 Å². The van der Waals surface area contributed by atoms with Gasteiger partial charge in [-0.2, -0.15) is 0 Å². The normalized spacial score (nSPS) is 9.50. The highest BCUT2D eigenvalue weighted by molar-refractivity contribution is 6.34. The third-order valence-corrected chi connectivity index (χ3v) is 4.67. The van der Waals surface area contributed by atoms with E-state index < -0.39 is 5.97 Å². The van der Waals surface area contributed by atoms with Gasteiger partial charge in [0.05, 0.1) is 28.4 Å². The van der Waals surface area contributed by atoms with Crippen LogP contribution in [0.5, 0.6) is 5.75 Å². The molecule has 0 spiro atoms. The van der Waals surface area contributed by atoms with Gasteiger partial charge in [0.15, 0.2) is 0 Å². The Balaban J connectivity index is 0.000000226. The Morgan fingerprint density at radius 1 is 0.833 bits per heavy atom. The lowest BCUT2D eigenvalue weighted by atomic mass is 10.2. The predicted molar refractivity (Wildman–Crippen MR) is 126 cm³/mol. The average Bonchev–Trinajstić information content (AvgIpc) is 2.68. The fourth-order valence-corrected chi connectivity index (χ4v) is 2.58. The molecule has 0 fully saturated rings. The van der Waals surface area contributed by atoms with Crippen LogP contribution in [0.1, 0.15) is 15.9 Å². The molecule has 0 aliphatic rings. The van der Waals surface area contributed by atoms with Crippen molar-refractivity contribution in [3.63, 3.8) is 0 Å². The van der Waals surface area contributed by atoms with Gasteiger partial charge in [-0.1, -0.05) is 40.9 Å². The topological polar surface area (TPSA) is 125 Å². The molecule has 7 N–H and O–H groups in total. The van der Waals surface area contributed by atoms with E-state index in [1.54, 1.807) is 31.4 Å². The fraction of sp³-hybridized carbons (Fsp3) is 0.0952. The zero-order valence-corrected chi connectivity index (χ0v) is 18.6. The van der Waals surface area contributed by atoms with Crippen LogP contribution in [0.25, 0.3) is 0 Å². The van der Waals surface area contributed by atoms with Crippen molar-refractivity contribution in [2.75, 3.05) is 24.3 Å². The number of carboxylic acid groups (broad SMARTS) is 1. The summed E-state index contributed by atoms with van der Waals surface area (Å²) in [6.45, 7) is 1.95. The third-order valence-electron chi connectivity index (χ3n) is 3.63. The molecule has 0 bridgehead atoms. The van der Waals surface area contributed by atoms with Gasteiger partial charge in [-0.25, -0.2) is 4.79 Å². The standard InChI is InChI=1S/C7H6ClNO2.C7H8ClNO.C7H8ClN/c8-6-3-4(9)1-2-5(6)7(10)11;1-10-5-2-3-7(9)6(8)4-5;1-5-2-3-6(9)4-7(5)8/h1-3H,9H2,(H,10,11);2-4H,9H2,1H3;2-4H,9H2,1H3. The van der Waals surface area contributed by atoms with Crippen LogP contribution in [0.3, 0.4) is 0 Å². The number of methoxy groups -OCH3 is 1. The van der Waals surface area contributed by atoms with Crippen molar-refractivity contribution in [3.05, 3.63) is 80.8 Å².